The highest BCUT2D eigenvalue weighted by atomic mass is 32.2. The second kappa shape index (κ2) is 5.37. The van der Waals surface area contributed by atoms with Crippen LogP contribution in [0.3, 0.4) is 0 Å². The van der Waals surface area contributed by atoms with E-state index >= 15 is 0 Å². The van der Waals surface area contributed by atoms with E-state index in [1.54, 1.807) is 20.8 Å². The number of rotatable bonds is 4. The molecule has 1 unspecified atom stereocenters. The molecular weight excluding hydrogens is 276 g/mol. The molecule has 1 atom stereocenters. The third-order valence-corrected chi connectivity index (χ3v) is 6.31. The van der Waals surface area contributed by atoms with E-state index in [2.05, 4.69) is 0 Å². The fourth-order valence-corrected chi connectivity index (χ4v) is 3.22. The van der Waals surface area contributed by atoms with Crippen molar-refractivity contribution in [3.8, 4) is 5.75 Å². The minimum Gasteiger partial charge on any atom is -0.492 e. The first-order valence-corrected chi connectivity index (χ1v) is 8.52. The van der Waals surface area contributed by atoms with Gasteiger partial charge in [-0.2, -0.15) is 0 Å². The molecule has 0 radical (unpaired) electrons. The lowest BCUT2D eigenvalue weighted by molar-refractivity contribution is 0.180. The monoisotopic (exact) mass is 298 g/mol. The zero-order chi connectivity index (χ0) is 15.0. The van der Waals surface area contributed by atoms with Crippen molar-refractivity contribution in [2.24, 2.45) is 0 Å². The second-order valence-corrected chi connectivity index (χ2v) is 9.02. The highest BCUT2D eigenvalue weighted by Crippen LogP contribution is 2.36. The molecule has 0 fully saturated rings. The Morgan fingerprint density at radius 3 is 2.70 bits per heavy atom. The van der Waals surface area contributed by atoms with E-state index in [-0.39, 0.29) is 12.4 Å². The summed E-state index contributed by atoms with van der Waals surface area (Å²) in [6, 6.07) is 5.56. The van der Waals surface area contributed by atoms with E-state index in [4.69, 9.17) is 4.74 Å². The zero-order valence-electron chi connectivity index (χ0n) is 12.2. The van der Waals surface area contributed by atoms with E-state index < -0.39 is 20.7 Å². The summed E-state index contributed by atoms with van der Waals surface area (Å²) in [6.45, 7) is 5.23. The Morgan fingerprint density at radius 1 is 1.35 bits per heavy atom. The van der Waals surface area contributed by atoms with Crippen LogP contribution in [0.5, 0.6) is 5.75 Å². The molecule has 1 aliphatic rings. The van der Waals surface area contributed by atoms with Crippen LogP contribution in [-0.2, 0) is 16.3 Å². The van der Waals surface area contributed by atoms with Crippen LogP contribution in [0.2, 0.25) is 0 Å². The largest absolute Gasteiger partial charge is 0.492 e. The Kier molecular flexibility index (Phi) is 4.12. The number of benzene rings is 1. The van der Waals surface area contributed by atoms with Gasteiger partial charge in [-0.3, -0.25) is 0 Å². The Morgan fingerprint density at radius 2 is 2.05 bits per heavy atom. The topological polar surface area (TPSA) is 63.6 Å². The number of hydrogen-bond acceptors (Lipinski definition) is 4. The second-order valence-electron chi connectivity index (χ2n) is 6.16. The number of sulfone groups is 1. The third-order valence-electron chi connectivity index (χ3n) is 3.74. The molecule has 0 aromatic heterocycles. The van der Waals surface area contributed by atoms with E-state index in [0.717, 1.165) is 17.5 Å². The number of aliphatic hydroxyl groups is 1. The number of aliphatic hydroxyl groups excluding tert-OH is 1. The summed E-state index contributed by atoms with van der Waals surface area (Å²) in [4.78, 5) is 0. The van der Waals surface area contributed by atoms with Crippen molar-refractivity contribution in [3.63, 3.8) is 0 Å². The van der Waals surface area contributed by atoms with Crippen LogP contribution in [-0.4, -0.2) is 30.6 Å². The van der Waals surface area contributed by atoms with Gasteiger partial charge in [-0.15, -0.1) is 0 Å². The lowest BCUT2D eigenvalue weighted by atomic mass is 10.1. The maximum absolute atomic E-state index is 12.0. The molecule has 2 rings (SSSR count). The van der Waals surface area contributed by atoms with Crippen molar-refractivity contribution in [1.82, 2.24) is 0 Å². The Balaban J connectivity index is 2.04. The van der Waals surface area contributed by atoms with E-state index in [9.17, 15) is 13.5 Å². The molecule has 1 aromatic carbocycles. The molecule has 4 nitrogen and oxygen atoms in total. The van der Waals surface area contributed by atoms with Crippen LogP contribution < -0.4 is 4.74 Å². The normalized spacial score (nSPS) is 18.9. The molecule has 1 N–H and O–H groups in total. The first-order chi connectivity index (χ1) is 9.22. The average Bonchev–Trinajstić information content (AvgIpc) is 2.71. The lowest BCUT2D eigenvalue weighted by Gasteiger charge is -2.19. The molecule has 112 valence electrons. The van der Waals surface area contributed by atoms with Crippen molar-refractivity contribution >= 4 is 9.84 Å². The highest BCUT2D eigenvalue weighted by molar-refractivity contribution is 7.92. The molecule has 0 aliphatic heterocycles. The molecule has 1 aliphatic carbocycles. The Labute approximate surface area is 120 Å². The van der Waals surface area contributed by atoms with Gasteiger partial charge >= 0.3 is 0 Å². The van der Waals surface area contributed by atoms with Gasteiger partial charge in [-0.25, -0.2) is 8.42 Å². The van der Waals surface area contributed by atoms with Crippen LogP contribution >= 0.6 is 0 Å². The van der Waals surface area contributed by atoms with Gasteiger partial charge < -0.3 is 9.84 Å². The van der Waals surface area contributed by atoms with Gasteiger partial charge in [-0.05, 0) is 45.2 Å². The minimum atomic E-state index is -3.17. The van der Waals surface area contributed by atoms with Gasteiger partial charge in [0.2, 0.25) is 0 Å². The quantitative estimate of drug-likeness (QED) is 0.926. The molecule has 0 spiro atoms. The van der Waals surface area contributed by atoms with E-state index in [1.807, 2.05) is 18.2 Å². The molecular formula is C15H22O4S. The first kappa shape index (κ1) is 15.3. The molecule has 0 saturated carbocycles. The Hall–Kier alpha value is -1.07. The molecule has 1 aromatic rings. The maximum Gasteiger partial charge on any atom is 0.158 e. The maximum atomic E-state index is 12.0. The molecule has 0 amide bonds. The summed E-state index contributed by atoms with van der Waals surface area (Å²) >= 11 is 0. The van der Waals surface area contributed by atoms with Gasteiger partial charge in [0, 0.05) is 5.56 Å². The SMILES string of the molecule is CC(C)(C)S(=O)(=O)CCOc1cccc2c1CCC2O. The average molecular weight is 298 g/mol. The highest BCUT2D eigenvalue weighted by Gasteiger charge is 2.29. The van der Waals surface area contributed by atoms with Gasteiger partial charge in [0.1, 0.15) is 12.4 Å². The third kappa shape index (κ3) is 2.99. The predicted octanol–water partition coefficient (Wildman–Crippen LogP) is 2.26. The fraction of sp³-hybridized carbons (Fsp3) is 0.600. The van der Waals surface area contributed by atoms with Crippen LogP contribution in [0.15, 0.2) is 18.2 Å². The minimum absolute atomic E-state index is 0.00270. The summed E-state index contributed by atoms with van der Waals surface area (Å²) < 4.78 is 28.9. The summed E-state index contributed by atoms with van der Waals surface area (Å²) in [6.07, 6.45) is 1.06. The molecule has 5 heteroatoms. The molecule has 20 heavy (non-hydrogen) atoms. The van der Waals surface area contributed by atoms with Crippen LogP contribution in [0.25, 0.3) is 0 Å². The van der Waals surface area contributed by atoms with Crippen LogP contribution in [0.4, 0.5) is 0 Å². The number of fused-ring (bicyclic) bond motifs is 1. The summed E-state index contributed by atoms with van der Waals surface area (Å²) in [5.41, 5.74) is 1.91. The van der Waals surface area contributed by atoms with Crippen molar-refractivity contribution in [2.45, 2.75) is 44.5 Å². The molecule has 0 heterocycles. The standard InChI is InChI=1S/C15H22O4S/c1-15(2,3)20(17,18)10-9-19-14-6-4-5-11-12(14)7-8-13(11)16/h4-6,13,16H,7-10H2,1-3H3. The van der Waals surface area contributed by atoms with Crippen LogP contribution in [0, 0.1) is 0 Å². The van der Waals surface area contributed by atoms with Gasteiger partial charge in [0.05, 0.1) is 16.6 Å². The number of ether oxygens (including phenoxy) is 1. The molecule has 0 saturated heterocycles. The van der Waals surface area contributed by atoms with Crippen LogP contribution in [0.1, 0.15) is 44.4 Å². The van der Waals surface area contributed by atoms with Crippen molar-refractivity contribution in [3.05, 3.63) is 29.3 Å². The van der Waals surface area contributed by atoms with Crippen molar-refractivity contribution in [2.75, 3.05) is 12.4 Å². The van der Waals surface area contributed by atoms with Crippen molar-refractivity contribution in [1.29, 1.82) is 0 Å². The first-order valence-electron chi connectivity index (χ1n) is 6.87. The smallest absolute Gasteiger partial charge is 0.158 e. The Bertz CT molecular complexity index is 584. The van der Waals surface area contributed by atoms with E-state index in [1.165, 1.54) is 0 Å². The predicted molar refractivity (Wildman–Crippen MR) is 78.8 cm³/mol. The summed E-state index contributed by atoms with van der Waals surface area (Å²) in [5.74, 6) is 0.700. The summed E-state index contributed by atoms with van der Waals surface area (Å²) in [5, 5.41) is 9.82. The van der Waals surface area contributed by atoms with E-state index in [0.29, 0.717) is 12.2 Å². The fourth-order valence-electron chi connectivity index (χ4n) is 2.30. The van der Waals surface area contributed by atoms with Gasteiger partial charge in [0.25, 0.3) is 0 Å². The van der Waals surface area contributed by atoms with Gasteiger partial charge in [-0.1, -0.05) is 12.1 Å². The summed E-state index contributed by atoms with van der Waals surface area (Å²) in [7, 11) is -3.17. The number of hydrogen-bond donors (Lipinski definition) is 1. The lowest BCUT2D eigenvalue weighted by Crippen LogP contribution is -2.32. The van der Waals surface area contributed by atoms with Crippen molar-refractivity contribution < 1.29 is 18.3 Å². The van der Waals surface area contributed by atoms with Gasteiger partial charge in [0.15, 0.2) is 9.84 Å². The molecule has 0 bridgehead atoms. The zero-order valence-corrected chi connectivity index (χ0v) is 13.0.